The maximum absolute atomic E-state index is 12.5. The summed E-state index contributed by atoms with van der Waals surface area (Å²) >= 11 is 7.32. The monoisotopic (exact) mass is 410 g/mol. The molecule has 4 rings (SSSR count). The van der Waals surface area contributed by atoms with Crippen molar-refractivity contribution < 1.29 is 4.79 Å². The van der Waals surface area contributed by atoms with Gasteiger partial charge in [0, 0.05) is 29.0 Å². The summed E-state index contributed by atoms with van der Waals surface area (Å²) in [7, 11) is 1.69. The summed E-state index contributed by atoms with van der Waals surface area (Å²) in [4.78, 5) is 29.3. The molecule has 0 amide bonds. The lowest BCUT2D eigenvalue weighted by Crippen LogP contribution is -2.19. The first-order valence-electron chi connectivity index (χ1n) is 8.45. The van der Waals surface area contributed by atoms with Crippen LogP contribution in [0.1, 0.15) is 21.5 Å². The number of aromatic nitrogens is 4. The minimum atomic E-state index is -0.134. The third kappa shape index (κ3) is 3.58. The van der Waals surface area contributed by atoms with Gasteiger partial charge in [0.25, 0.3) is 5.56 Å². The van der Waals surface area contributed by atoms with Crippen LogP contribution in [0.15, 0.2) is 64.7 Å². The number of H-pyrrole nitrogens is 1. The molecule has 0 unspecified atom stereocenters. The van der Waals surface area contributed by atoms with E-state index in [2.05, 4.69) is 15.2 Å². The average Bonchev–Trinajstić information content (AvgIpc) is 3.19. The van der Waals surface area contributed by atoms with Crippen LogP contribution in [0, 0.1) is 0 Å². The summed E-state index contributed by atoms with van der Waals surface area (Å²) in [6.45, 7) is 0. The summed E-state index contributed by atoms with van der Waals surface area (Å²) in [6, 6.07) is 14.3. The molecule has 2 aromatic heterocycles. The maximum atomic E-state index is 12.5. The van der Waals surface area contributed by atoms with Crippen molar-refractivity contribution in [2.45, 2.75) is 10.9 Å². The van der Waals surface area contributed by atoms with Crippen molar-refractivity contribution >= 4 is 40.2 Å². The van der Waals surface area contributed by atoms with Gasteiger partial charge in [-0.3, -0.25) is 19.3 Å². The van der Waals surface area contributed by atoms with E-state index in [1.54, 1.807) is 43.4 Å². The first-order valence-corrected chi connectivity index (χ1v) is 9.81. The van der Waals surface area contributed by atoms with Gasteiger partial charge in [-0.05, 0) is 29.8 Å². The maximum Gasteiger partial charge on any atom is 0.265 e. The molecule has 0 aliphatic heterocycles. The molecule has 0 spiro atoms. The second-order valence-electron chi connectivity index (χ2n) is 6.21. The Bertz CT molecular complexity index is 1210. The van der Waals surface area contributed by atoms with Gasteiger partial charge in [0.1, 0.15) is 5.39 Å². The molecule has 0 atom stereocenters. The van der Waals surface area contributed by atoms with Crippen LogP contribution in [0.2, 0.25) is 5.02 Å². The van der Waals surface area contributed by atoms with E-state index in [9.17, 15) is 9.59 Å². The number of carbonyl (C=O) groups excluding carboxylic acids is 1. The van der Waals surface area contributed by atoms with Crippen LogP contribution >= 0.6 is 23.4 Å². The number of nitrogens with one attached hydrogen (secondary N) is 1. The standard InChI is InChI=1S/C20H15ClN4O2S/c1-25-19(27)16-10-22-24-18(16)23-20(25)28-11-12-2-4-13(5-3-12)17(26)14-6-8-15(21)9-7-14/h2-10H,11H2,1H3,(H,22,24). The second-order valence-corrected chi connectivity index (χ2v) is 7.59. The molecule has 0 aliphatic carbocycles. The molecule has 8 heteroatoms. The minimum Gasteiger partial charge on any atom is -0.290 e. The van der Waals surface area contributed by atoms with E-state index in [1.165, 1.54) is 22.5 Å². The number of halogens is 1. The third-order valence-electron chi connectivity index (χ3n) is 4.34. The molecule has 2 heterocycles. The van der Waals surface area contributed by atoms with E-state index in [0.717, 1.165) is 5.56 Å². The van der Waals surface area contributed by atoms with Gasteiger partial charge in [-0.2, -0.15) is 5.10 Å². The number of nitrogens with zero attached hydrogens (tertiary/aromatic N) is 3. The van der Waals surface area contributed by atoms with Crippen LogP contribution in [-0.4, -0.2) is 25.5 Å². The average molecular weight is 411 g/mol. The van der Waals surface area contributed by atoms with E-state index in [1.807, 2.05) is 12.1 Å². The number of hydrogen-bond donors (Lipinski definition) is 1. The zero-order valence-electron chi connectivity index (χ0n) is 14.8. The Morgan fingerprint density at radius 3 is 2.43 bits per heavy atom. The van der Waals surface area contributed by atoms with E-state index >= 15 is 0 Å². The van der Waals surface area contributed by atoms with Crippen molar-refractivity contribution in [3.8, 4) is 0 Å². The van der Waals surface area contributed by atoms with Crippen molar-refractivity contribution in [3.63, 3.8) is 0 Å². The lowest BCUT2D eigenvalue weighted by molar-refractivity contribution is 0.103. The minimum absolute atomic E-state index is 0.0513. The van der Waals surface area contributed by atoms with Gasteiger partial charge in [0.2, 0.25) is 0 Å². The number of rotatable bonds is 5. The van der Waals surface area contributed by atoms with Crippen molar-refractivity contribution in [2.24, 2.45) is 7.05 Å². The van der Waals surface area contributed by atoms with Crippen molar-refractivity contribution in [2.75, 3.05) is 0 Å². The normalized spacial score (nSPS) is 11.1. The molecule has 0 saturated carbocycles. The number of hydrogen-bond acceptors (Lipinski definition) is 5. The van der Waals surface area contributed by atoms with Crippen LogP contribution < -0.4 is 5.56 Å². The van der Waals surface area contributed by atoms with Gasteiger partial charge in [-0.25, -0.2) is 4.98 Å². The Balaban J connectivity index is 1.49. The van der Waals surface area contributed by atoms with Crippen LogP contribution in [-0.2, 0) is 12.8 Å². The lowest BCUT2D eigenvalue weighted by Gasteiger charge is -2.07. The van der Waals surface area contributed by atoms with Gasteiger partial charge in [-0.1, -0.05) is 47.6 Å². The predicted molar refractivity (Wildman–Crippen MR) is 110 cm³/mol. The summed E-state index contributed by atoms with van der Waals surface area (Å²) in [5.74, 6) is 0.569. The molecule has 0 fully saturated rings. The summed E-state index contributed by atoms with van der Waals surface area (Å²) in [6.07, 6.45) is 1.48. The van der Waals surface area contributed by atoms with Gasteiger partial charge in [0.05, 0.1) is 6.20 Å². The van der Waals surface area contributed by atoms with Gasteiger partial charge >= 0.3 is 0 Å². The Morgan fingerprint density at radius 2 is 1.75 bits per heavy atom. The Hall–Kier alpha value is -2.90. The van der Waals surface area contributed by atoms with E-state index in [0.29, 0.717) is 38.1 Å². The Kier molecular flexibility index (Phi) is 5.02. The fourth-order valence-corrected chi connectivity index (χ4v) is 3.80. The highest BCUT2D eigenvalue weighted by Gasteiger charge is 2.11. The number of benzene rings is 2. The SMILES string of the molecule is Cn1c(SCc2ccc(C(=O)c3ccc(Cl)cc3)cc2)nc2[nH]ncc2c1=O. The molecular weight excluding hydrogens is 396 g/mol. The van der Waals surface area contributed by atoms with Crippen molar-refractivity contribution in [1.29, 1.82) is 0 Å². The Labute approximate surface area is 169 Å². The van der Waals surface area contributed by atoms with E-state index in [4.69, 9.17) is 11.6 Å². The molecule has 0 radical (unpaired) electrons. The predicted octanol–water partition coefficient (Wildman–Crippen LogP) is 3.83. The fraction of sp³-hybridized carbons (Fsp3) is 0.100. The molecule has 6 nitrogen and oxygen atoms in total. The highest BCUT2D eigenvalue weighted by molar-refractivity contribution is 7.98. The number of fused-ring (bicyclic) bond motifs is 1. The van der Waals surface area contributed by atoms with Crippen LogP contribution in [0.5, 0.6) is 0 Å². The number of carbonyl (C=O) groups is 1. The van der Waals surface area contributed by atoms with Crippen molar-refractivity contribution in [1.82, 2.24) is 19.7 Å². The molecule has 140 valence electrons. The number of thioether (sulfide) groups is 1. The van der Waals surface area contributed by atoms with Crippen molar-refractivity contribution in [3.05, 3.63) is 86.8 Å². The number of ketones is 1. The molecule has 1 N–H and O–H groups in total. The first kappa shape index (κ1) is 18.5. The van der Waals surface area contributed by atoms with Crippen LogP contribution in [0.3, 0.4) is 0 Å². The van der Waals surface area contributed by atoms with Gasteiger partial charge in [0.15, 0.2) is 16.6 Å². The molecule has 2 aromatic carbocycles. The van der Waals surface area contributed by atoms with Crippen LogP contribution in [0.25, 0.3) is 11.0 Å². The van der Waals surface area contributed by atoms with E-state index in [-0.39, 0.29) is 11.3 Å². The molecule has 0 bridgehead atoms. The smallest absolute Gasteiger partial charge is 0.265 e. The molecule has 0 aliphatic rings. The summed E-state index contributed by atoms with van der Waals surface area (Å²) in [5, 5.41) is 8.27. The summed E-state index contributed by atoms with van der Waals surface area (Å²) in [5.41, 5.74) is 2.58. The zero-order valence-corrected chi connectivity index (χ0v) is 16.4. The topological polar surface area (TPSA) is 80.6 Å². The third-order valence-corrected chi connectivity index (χ3v) is 5.69. The molecule has 4 aromatic rings. The number of aromatic amines is 1. The van der Waals surface area contributed by atoms with Gasteiger partial charge < -0.3 is 0 Å². The molecular formula is C20H15ClN4O2S. The highest BCUT2D eigenvalue weighted by atomic mass is 35.5. The fourth-order valence-electron chi connectivity index (χ4n) is 2.76. The zero-order chi connectivity index (χ0) is 19.7. The molecule has 0 saturated heterocycles. The van der Waals surface area contributed by atoms with E-state index < -0.39 is 0 Å². The first-order chi connectivity index (χ1) is 13.5. The highest BCUT2D eigenvalue weighted by Crippen LogP contribution is 2.22. The molecule has 28 heavy (non-hydrogen) atoms. The largest absolute Gasteiger partial charge is 0.290 e. The second kappa shape index (κ2) is 7.61. The quantitative estimate of drug-likeness (QED) is 0.307. The summed E-state index contributed by atoms with van der Waals surface area (Å²) < 4.78 is 1.51. The Morgan fingerprint density at radius 1 is 1.11 bits per heavy atom. The van der Waals surface area contributed by atoms with Gasteiger partial charge in [-0.15, -0.1) is 0 Å². The van der Waals surface area contributed by atoms with Crippen LogP contribution in [0.4, 0.5) is 0 Å². The lowest BCUT2D eigenvalue weighted by atomic mass is 10.0.